The summed E-state index contributed by atoms with van der Waals surface area (Å²) in [6.07, 6.45) is -2.35. The van der Waals surface area contributed by atoms with Crippen LogP contribution in [0.4, 0.5) is 8.78 Å². The number of nitrogens with zero attached hydrogens (tertiary/aromatic N) is 1. The van der Waals surface area contributed by atoms with Gasteiger partial charge in [0, 0.05) is 23.8 Å². The Morgan fingerprint density at radius 3 is 2.64 bits per heavy atom. The first-order valence-electron chi connectivity index (χ1n) is 7.29. The molecule has 1 aliphatic carbocycles. The molecular formula is C17H13F2NO4S. The number of aliphatic hydroxyl groups excluding tert-OH is 1. The fraction of sp³-hybridized carbons (Fsp3) is 0.235. The van der Waals surface area contributed by atoms with Gasteiger partial charge in [-0.3, -0.25) is 0 Å². The Hall–Kier alpha value is -2.50. The molecule has 2 atom stereocenters. The van der Waals surface area contributed by atoms with Crippen LogP contribution in [-0.4, -0.2) is 19.8 Å². The monoisotopic (exact) mass is 365 g/mol. The number of nitriles is 1. The summed E-state index contributed by atoms with van der Waals surface area (Å²) in [7, 11) is -3.70. The lowest BCUT2D eigenvalue weighted by Gasteiger charge is -2.16. The van der Waals surface area contributed by atoms with Gasteiger partial charge in [-0.2, -0.15) is 5.26 Å². The number of ether oxygens (including phenoxy) is 1. The summed E-state index contributed by atoms with van der Waals surface area (Å²) in [6.45, 7) is 0. The first-order chi connectivity index (χ1) is 11.7. The van der Waals surface area contributed by atoms with Crippen molar-refractivity contribution in [3.05, 3.63) is 52.8 Å². The van der Waals surface area contributed by atoms with Gasteiger partial charge in [-0.05, 0) is 24.3 Å². The summed E-state index contributed by atoms with van der Waals surface area (Å²) in [5, 5.41) is 19.1. The first kappa shape index (κ1) is 17.3. The van der Waals surface area contributed by atoms with Crippen LogP contribution in [0, 0.1) is 17.1 Å². The van der Waals surface area contributed by atoms with E-state index >= 15 is 0 Å². The third-order valence-corrected chi connectivity index (χ3v) is 5.14. The van der Waals surface area contributed by atoms with Gasteiger partial charge < -0.3 is 9.84 Å². The second-order valence-electron chi connectivity index (χ2n) is 5.71. The van der Waals surface area contributed by atoms with Crippen molar-refractivity contribution >= 4 is 9.84 Å². The van der Waals surface area contributed by atoms with E-state index in [9.17, 15) is 22.3 Å². The molecule has 0 saturated carbocycles. The van der Waals surface area contributed by atoms with Gasteiger partial charge in [0.25, 0.3) is 0 Å². The molecule has 0 bridgehead atoms. The number of halogens is 2. The van der Waals surface area contributed by atoms with Crippen LogP contribution in [0.2, 0.25) is 0 Å². The van der Waals surface area contributed by atoms with E-state index < -0.39 is 27.9 Å². The summed E-state index contributed by atoms with van der Waals surface area (Å²) in [5.74, 6) is -1.32. The minimum atomic E-state index is -3.70. The average Bonchev–Trinajstić information content (AvgIpc) is 2.84. The number of para-hydroxylation sites is 1. The van der Waals surface area contributed by atoms with Crippen LogP contribution in [0.3, 0.4) is 0 Å². The highest BCUT2D eigenvalue weighted by Crippen LogP contribution is 2.49. The van der Waals surface area contributed by atoms with E-state index in [1.165, 1.54) is 24.3 Å². The lowest BCUT2D eigenvalue weighted by Crippen LogP contribution is -2.06. The number of rotatable bonds is 3. The Morgan fingerprint density at radius 2 is 2.00 bits per heavy atom. The van der Waals surface area contributed by atoms with Crippen molar-refractivity contribution in [1.29, 1.82) is 5.26 Å². The molecule has 2 aromatic carbocycles. The van der Waals surface area contributed by atoms with Gasteiger partial charge in [-0.1, -0.05) is 6.07 Å². The highest BCUT2D eigenvalue weighted by molar-refractivity contribution is 7.90. The minimum Gasteiger partial charge on any atom is -0.452 e. The van der Waals surface area contributed by atoms with Crippen molar-refractivity contribution in [3.63, 3.8) is 0 Å². The van der Waals surface area contributed by atoms with Crippen LogP contribution in [0.1, 0.15) is 35.4 Å². The van der Waals surface area contributed by atoms with Crippen molar-refractivity contribution in [2.24, 2.45) is 0 Å². The second-order valence-corrected chi connectivity index (χ2v) is 7.69. The smallest absolute Gasteiger partial charge is 0.180 e. The van der Waals surface area contributed by atoms with Crippen molar-refractivity contribution in [2.75, 3.05) is 6.26 Å². The molecule has 5 nitrogen and oxygen atoms in total. The maximum absolute atomic E-state index is 14.4. The SMILES string of the molecule is CS(=O)(=O)c1ccc(Oc2c(F)cccc2C#N)c2c1C(O)C[C@@H]2F. The van der Waals surface area contributed by atoms with Crippen LogP contribution in [0.5, 0.6) is 11.5 Å². The fourth-order valence-electron chi connectivity index (χ4n) is 2.92. The molecule has 0 amide bonds. The number of aliphatic hydroxyl groups is 1. The topological polar surface area (TPSA) is 87.4 Å². The number of hydrogen-bond donors (Lipinski definition) is 1. The molecule has 8 heteroatoms. The average molecular weight is 365 g/mol. The zero-order chi connectivity index (χ0) is 18.4. The lowest BCUT2D eigenvalue weighted by atomic mass is 10.1. The van der Waals surface area contributed by atoms with Crippen molar-refractivity contribution in [3.8, 4) is 17.6 Å². The summed E-state index contributed by atoms with van der Waals surface area (Å²) >= 11 is 0. The zero-order valence-electron chi connectivity index (χ0n) is 13.0. The van der Waals surface area contributed by atoms with E-state index in [0.29, 0.717) is 0 Å². The third kappa shape index (κ3) is 2.97. The van der Waals surface area contributed by atoms with Gasteiger partial charge >= 0.3 is 0 Å². The second kappa shape index (κ2) is 6.10. The van der Waals surface area contributed by atoms with Gasteiger partial charge in [-0.15, -0.1) is 0 Å². The van der Waals surface area contributed by atoms with Crippen molar-refractivity contribution in [2.45, 2.75) is 23.6 Å². The minimum absolute atomic E-state index is 0.0812. The van der Waals surface area contributed by atoms with Crippen LogP contribution >= 0.6 is 0 Å². The van der Waals surface area contributed by atoms with Crippen LogP contribution in [0.15, 0.2) is 35.2 Å². The van der Waals surface area contributed by atoms with Gasteiger partial charge in [0.2, 0.25) is 0 Å². The maximum atomic E-state index is 14.4. The third-order valence-electron chi connectivity index (χ3n) is 3.98. The highest BCUT2D eigenvalue weighted by atomic mass is 32.2. The van der Waals surface area contributed by atoms with Crippen molar-refractivity contribution < 1.29 is 27.0 Å². The quantitative estimate of drug-likeness (QED) is 0.901. The van der Waals surface area contributed by atoms with E-state index in [0.717, 1.165) is 12.3 Å². The van der Waals surface area contributed by atoms with E-state index in [1.54, 1.807) is 6.07 Å². The number of benzene rings is 2. The number of hydrogen-bond acceptors (Lipinski definition) is 5. The normalized spacial score (nSPS) is 19.3. The Kier molecular flexibility index (Phi) is 4.22. The predicted molar refractivity (Wildman–Crippen MR) is 84.2 cm³/mol. The molecule has 1 unspecified atom stereocenters. The van der Waals surface area contributed by atoms with Crippen LogP contribution in [-0.2, 0) is 9.84 Å². The maximum Gasteiger partial charge on any atom is 0.180 e. The molecule has 3 rings (SSSR count). The first-order valence-corrected chi connectivity index (χ1v) is 9.18. The molecular weight excluding hydrogens is 352 g/mol. The van der Waals surface area contributed by atoms with Crippen LogP contribution in [0.25, 0.3) is 0 Å². The predicted octanol–water partition coefficient (Wildman–Crippen LogP) is 3.34. The van der Waals surface area contributed by atoms with Crippen LogP contribution < -0.4 is 4.74 Å². The van der Waals surface area contributed by atoms with Gasteiger partial charge in [-0.25, -0.2) is 17.2 Å². The molecule has 0 radical (unpaired) electrons. The molecule has 0 fully saturated rings. The van der Waals surface area contributed by atoms with Gasteiger partial charge in [0.1, 0.15) is 18.0 Å². The van der Waals surface area contributed by atoms with Gasteiger partial charge in [0.05, 0.1) is 16.6 Å². The van der Waals surface area contributed by atoms with E-state index in [4.69, 9.17) is 10.00 Å². The summed E-state index contributed by atoms with van der Waals surface area (Å²) < 4.78 is 57.6. The molecule has 2 aromatic rings. The summed E-state index contributed by atoms with van der Waals surface area (Å²) in [5.41, 5.74) is -0.306. The largest absolute Gasteiger partial charge is 0.452 e. The molecule has 1 aliphatic rings. The molecule has 0 spiro atoms. The number of alkyl halides is 1. The highest BCUT2D eigenvalue weighted by Gasteiger charge is 2.37. The Balaban J connectivity index is 2.20. The standard InChI is InChI=1S/C17H13F2NO4S/c1-25(22,23)14-6-5-13(15-11(19)7-12(21)16(14)15)24-17-9(8-20)3-2-4-10(17)18/h2-6,11-12,21H,7H2,1H3/t11-,12?/m0/s1. The molecule has 0 heterocycles. The van der Waals surface area contributed by atoms with E-state index in [1.807, 2.05) is 0 Å². The molecule has 0 aliphatic heterocycles. The summed E-state index contributed by atoms with van der Waals surface area (Å²) in [4.78, 5) is -0.198. The zero-order valence-corrected chi connectivity index (χ0v) is 13.8. The van der Waals surface area contributed by atoms with Gasteiger partial charge in [0.15, 0.2) is 21.4 Å². The van der Waals surface area contributed by atoms with E-state index in [-0.39, 0.29) is 39.5 Å². The molecule has 0 aromatic heterocycles. The molecule has 25 heavy (non-hydrogen) atoms. The Bertz CT molecular complexity index is 998. The fourth-order valence-corrected chi connectivity index (χ4v) is 3.88. The number of fused-ring (bicyclic) bond motifs is 1. The molecule has 130 valence electrons. The number of sulfone groups is 1. The molecule has 0 saturated heterocycles. The Labute approximate surface area is 143 Å². The lowest BCUT2D eigenvalue weighted by molar-refractivity contribution is 0.149. The molecule has 1 N–H and O–H groups in total. The van der Waals surface area contributed by atoms with E-state index in [2.05, 4.69) is 0 Å². The Morgan fingerprint density at radius 1 is 1.28 bits per heavy atom. The van der Waals surface area contributed by atoms with Crippen molar-refractivity contribution in [1.82, 2.24) is 0 Å². The summed E-state index contributed by atoms with van der Waals surface area (Å²) in [6, 6.07) is 7.91.